The van der Waals surface area contributed by atoms with Gasteiger partial charge in [0.1, 0.15) is 4.32 Å². The van der Waals surface area contributed by atoms with Gasteiger partial charge in [-0.05, 0) is 30.2 Å². The van der Waals surface area contributed by atoms with E-state index < -0.39 is 0 Å². The van der Waals surface area contributed by atoms with E-state index in [0.717, 1.165) is 30.6 Å². The molecule has 1 heterocycles. The Labute approximate surface area is 168 Å². The van der Waals surface area contributed by atoms with Crippen LogP contribution in [0.1, 0.15) is 31.7 Å². The minimum Gasteiger partial charge on any atom is -0.493 e. The van der Waals surface area contributed by atoms with Gasteiger partial charge in [-0.3, -0.25) is 4.79 Å². The first-order valence-electron chi connectivity index (χ1n) is 7.19. The van der Waals surface area contributed by atoms with Gasteiger partial charge >= 0.3 is 0 Å². The maximum atomic E-state index is 11.7. The quantitative estimate of drug-likeness (QED) is 0.350. The molecule has 1 aromatic rings. The van der Waals surface area contributed by atoms with Gasteiger partial charge < -0.3 is 14.8 Å². The number of carbonyl (C=O) groups excluding carboxylic acids is 1. The summed E-state index contributed by atoms with van der Waals surface area (Å²) in [4.78, 5) is 12.3. The molecule has 0 saturated carbocycles. The number of rotatable bonds is 7. The topological polar surface area (TPSA) is 47.6 Å². The first-order valence-corrected chi connectivity index (χ1v) is 8.42. The van der Waals surface area contributed by atoms with Crippen molar-refractivity contribution in [2.45, 2.75) is 26.2 Å². The number of thioether (sulfide) groups is 1. The van der Waals surface area contributed by atoms with Crippen LogP contribution in [0.25, 0.3) is 6.08 Å². The Kier molecular flexibility index (Phi) is 9.24. The molecule has 0 aliphatic carbocycles. The first-order chi connectivity index (χ1) is 10.6. The Morgan fingerprint density at radius 3 is 2.70 bits per heavy atom. The fourth-order valence-corrected chi connectivity index (χ4v) is 3.04. The molecular formula is C16H19NNaO3S2. The molecule has 1 saturated heterocycles. The molecule has 0 spiro atoms. The number of benzene rings is 1. The molecule has 1 aromatic carbocycles. The molecule has 1 amide bonds. The summed E-state index contributed by atoms with van der Waals surface area (Å²) in [5, 5.41) is 2.60. The van der Waals surface area contributed by atoms with E-state index >= 15 is 0 Å². The van der Waals surface area contributed by atoms with Crippen molar-refractivity contribution < 1.29 is 14.3 Å². The van der Waals surface area contributed by atoms with Gasteiger partial charge in [-0.2, -0.15) is 0 Å². The second-order valence-corrected chi connectivity index (χ2v) is 6.54. The fourth-order valence-electron chi connectivity index (χ4n) is 2.00. The van der Waals surface area contributed by atoms with E-state index in [0.29, 0.717) is 21.6 Å². The molecule has 2 rings (SSSR count). The number of hydrogen-bond donors (Lipinski definition) is 1. The number of nitrogens with one attached hydrogen (secondary N) is 1. The summed E-state index contributed by atoms with van der Waals surface area (Å²) in [6.45, 7) is 2.84. The zero-order valence-electron chi connectivity index (χ0n) is 13.7. The maximum Gasteiger partial charge on any atom is 0.263 e. The standard InChI is InChI=1S/C16H19NO3S2.Na/c1-3-4-5-8-20-12-7-6-11(9-13(12)19-2)10-14-15(18)17-16(21)22-14;/h6-7,9-10H,3-5,8H2,1-2H3,(H,17,18,21);. The molecule has 119 valence electrons. The normalized spacial score (nSPS) is 15.3. The number of methoxy groups -OCH3 is 1. The van der Waals surface area contributed by atoms with E-state index in [9.17, 15) is 4.79 Å². The third-order valence-electron chi connectivity index (χ3n) is 3.13. The number of thiocarbonyl (C=S) groups is 1. The first kappa shape index (κ1) is 20.5. The summed E-state index contributed by atoms with van der Waals surface area (Å²) in [5.41, 5.74) is 0.875. The maximum absolute atomic E-state index is 11.7. The summed E-state index contributed by atoms with van der Waals surface area (Å²) < 4.78 is 11.6. The number of ether oxygens (including phenoxy) is 2. The van der Waals surface area contributed by atoms with Crippen molar-refractivity contribution in [3.05, 3.63) is 28.7 Å². The molecule has 0 bridgehead atoms. The number of unbranched alkanes of at least 4 members (excludes halogenated alkanes) is 2. The number of carbonyl (C=O) groups is 1. The Hall–Kier alpha value is -0.530. The molecule has 1 aliphatic rings. The summed E-state index contributed by atoms with van der Waals surface area (Å²) in [5.74, 6) is 1.23. The molecule has 0 aromatic heterocycles. The average molecular weight is 360 g/mol. The van der Waals surface area contributed by atoms with Gasteiger partial charge in [0.25, 0.3) is 5.91 Å². The van der Waals surface area contributed by atoms with E-state index in [1.165, 1.54) is 11.8 Å². The molecule has 4 nitrogen and oxygen atoms in total. The Bertz CT molecular complexity index is 605. The monoisotopic (exact) mass is 360 g/mol. The minimum absolute atomic E-state index is 0. The second kappa shape index (κ2) is 10.4. The summed E-state index contributed by atoms with van der Waals surface area (Å²) >= 11 is 6.24. The fraction of sp³-hybridized carbons (Fsp3) is 0.375. The van der Waals surface area contributed by atoms with Crippen molar-refractivity contribution in [1.82, 2.24) is 5.32 Å². The van der Waals surface area contributed by atoms with E-state index in [4.69, 9.17) is 21.7 Å². The van der Waals surface area contributed by atoms with Crippen LogP contribution in [-0.4, -0.2) is 53.5 Å². The van der Waals surface area contributed by atoms with Crippen molar-refractivity contribution in [1.29, 1.82) is 0 Å². The minimum atomic E-state index is -0.158. The molecule has 0 atom stereocenters. The van der Waals surface area contributed by atoms with Crippen LogP contribution in [0.15, 0.2) is 23.1 Å². The predicted molar refractivity (Wildman–Crippen MR) is 100 cm³/mol. The van der Waals surface area contributed by atoms with Crippen LogP contribution in [-0.2, 0) is 4.79 Å². The van der Waals surface area contributed by atoms with Crippen molar-refractivity contribution in [2.24, 2.45) is 0 Å². The van der Waals surface area contributed by atoms with Crippen LogP contribution in [0.3, 0.4) is 0 Å². The van der Waals surface area contributed by atoms with Crippen LogP contribution in [0.4, 0.5) is 0 Å². The SMILES string of the molecule is CCCCCOc1ccc(C=C2SC(=S)NC2=O)cc1OC.[Na]. The predicted octanol–water partition coefficient (Wildman–Crippen LogP) is 3.37. The molecule has 1 fully saturated rings. The van der Waals surface area contributed by atoms with Gasteiger partial charge in [-0.1, -0.05) is 49.8 Å². The van der Waals surface area contributed by atoms with Gasteiger partial charge in [-0.15, -0.1) is 0 Å². The molecule has 7 heteroatoms. The van der Waals surface area contributed by atoms with Crippen LogP contribution >= 0.6 is 24.0 Å². The smallest absolute Gasteiger partial charge is 0.263 e. The van der Waals surface area contributed by atoms with Crippen molar-refractivity contribution in [2.75, 3.05) is 13.7 Å². The third kappa shape index (κ3) is 6.12. The van der Waals surface area contributed by atoms with E-state index in [1.54, 1.807) is 13.2 Å². The van der Waals surface area contributed by atoms with Crippen molar-refractivity contribution in [3.8, 4) is 11.5 Å². The van der Waals surface area contributed by atoms with Crippen molar-refractivity contribution >= 4 is 69.8 Å². The van der Waals surface area contributed by atoms with Crippen LogP contribution in [0, 0.1) is 0 Å². The van der Waals surface area contributed by atoms with Crippen LogP contribution < -0.4 is 14.8 Å². The zero-order valence-corrected chi connectivity index (χ0v) is 17.3. The van der Waals surface area contributed by atoms with Crippen LogP contribution in [0.2, 0.25) is 0 Å². The van der Waals surface area contributed by atoms with Gasteiger partial charge in [0.05, 0.1) is 18.6 Å². The van der Waals surface area contributed by atoms with Gasteiger partial charge in [0.2, 0.25) is 0 Å². The Morgan fingerprint density at radius 1 is 1.30 bits per heavy atom. The van der Waals surface area contributed by atoms with Crippen molar-refractivity contribution in [3.63, 3.8) is 0 Å². The Balaban J connectivity index is 0.00000264. The summed E-state index contributed by atoms with van der Waals surface area (Å²) in [6.07, 6.45) is 5.13. The van der Waals surface area contributed by atoms with Gasteiger partial charge in [0, 0.05) is 29.6 Å². The molecular weight excluding hydrogens is 341 g/mol. The van der Waals surface area contributed by atoms with E-state index in [1.807, 2.05) is 18.2 Å². The average Bonchev–Trinajstić information content (AvgIpc) is 2.82. The van der Waals surface area contributed by atoms with E-state index in [-0.39, 0.29) is 35.5 Å². The molecule has 23 heavy (non-hydrogen) atoms. The third-order valence-corrected chi connectivity index (χ3v) is 4.30. The summed E-state index contributed by atoms with van der Waals surface area (Å²) in [7, 11) is 1.61. The molecule has 1 N–H and O–H groups in total. The van der Waals surface area contributed by atoms with Crippen LogP contribution in [0.5, 0.6) is 11.5 Å². The van der Waals surface area contributed by atoms with Gasteiger partial charge in [-0.25, -0.2) is 0 Å². The largest absolute Gasteiger partial charge is 0.493 e. The molecule has 0 unspecified atom stereocenters. The molecule has 1 radical (unpaired) electrons. The number of amides is 1. The van der Waals surface area contributed by atoms with E-state index in [2.05, 4.69) is 12.2 Å². The molecule has 1 aliphatic heterocycles. The van der Waals surface area contributed by atoms with Gasteiger partial charge in [0.15, 0.2) is 11.5 Å². The summed E-state index contributed by atoms with van der Waals surface area (Å²) in [6, 6.07) is 5.63. The Morgan fingerprint density at radius 2 is 2.09 bits per heavy atom. The zero-order chi connectivity index (χ0) is 15.9. The second-order valence-electron chi connectivity index (χ2n) is 4.82. The number of hydrogen-bond acceptors (Lipinski definition) is 5.